The zero-order valence-corrected chi connectivity index (χ0v) is 17.9. The monoisotopic (exact) mass is 430 g/mol. The number of H-pyrrole nitrogens is 2. The molecule has 0 saturated carbocycles. The van der Waals surface area contributed by atoms with Gasteiger partial charge in [-0.3, -0.25) is 9.48 Å². The molecule has 0 saturated heterocycles. The number of nitrogens with one attached hydrogen (secondary N) is 3. The van der Waals surface area contributed by atoms with Gasteiger partial charge in [0.25, 0.3) is 5.56 Å². The maximum absolute atomic E-state index is 13.2. The summed E-state index contributed by atoms with van der Waals surface area (Å²) in [5.74, 6) is 1.74. The van der Waals surface area contributed by atoms with E-state index < -0.39 is 0 Å². The van der Waals surface area contributed by atoms with E-state index in [4.69, 9.17) is 4.74 Å². The molecule has 3 N–H and O–H groups in total. The molecular weight excluding hydrogens is 408 g/mol. The van der Waals surface area contributed by atoms with Crippen molar-refractivity contribution in [3.8, 4) is 17.1 Å². The minimum atomic E-state index is -0.275. The first kappa shape index (κ1) is 19.7. The summed E-state index contributed by atoms with van der Waals surface area (Å²) in [5, 5.41) is 8.08. The van der Waals surface area contributed by atoms with Crippen LogP contribution in [0, 0.1) is 0 Å². The van der Waals surface area contributed by atoms with Crippen molar-refractivity contribution in [1.82, 2.24) is 34.7 Å². The smallest absolute Gasteiger partial charge is 0.261 e. The van der Waals surface area contributed by atoms with Crippen molar-refractivity contribution < 1.29 is 4.74 Å². The first-order chi connectivity index (χ1) is 15.6. The van der Waals surface area contributed by atoms with E-state index in [1.165, 1.54) is 0 Å². The third-order valence-electron chi connectivity index (χ3n) is 5.31. The minimum absolute atomic E-state index is 0.267. The normalized spacial score (nSPS) is 12.3. The van der Waals surface area contributed by atoms with Crippen LogP contribution in [-0.2, 0) is 6.54 Å². The maximum atomic E-state index is 13.2. The van der Waals surface area contributed by atoms with E-state index in [1.807, 2.05) is 38.2 Å². The molecule has 1 aromatic carbocycles. The van der Waals surface area contributed by atoms with Crippen molar-refractivity contribution in [2.75, 3.05) is 12.4 Å². The summed E-state index contributed by atoms with van der Waals surface area (Å²) in [4.78, 5) is 32.7. The molecule has 5 rings (SSSR count). The lowest BCUT2D eigenvalue weighted by Gasteiger charge is -2.16. The van der Waals surface area contributed by atoms with Crippen LogP contribution in [0.5, 0.6) is 5.75 Å². The topological polar surface area (TPSA) is 126 Å². The van der Waals surface area contributed by atoms with Crippen LogP contribution >= 0.6 is 0 Å². The van der Waals surface area contributed by atoms with Crippen molar-refractivity contribution in [1.29, 1.82) is 0 Å². The molecular formula is C22H22N8O2. The van der Waals surface area contributed by atoms with Crippen LogP contribution in [0.2, 0.25) is 0 Å². The number of fused-ring (bicyclic) bond motifs is 2. The number of benzene rings is 1. The zero-order valence-electron chi connectivity index (χ0n) is 17.9. The molecule has 0 spiro atoms. The summed E-state index contributed by atoms with van der Waals surface area (Å²) >= 11 is 0. The number of hydrogen-bond acceptors (Lipinski definition) is 7. The van der Waals surface area contributed by atoms with E-state index in [0.717, 1.165) is 11.0 Å². The van der Waals surface area contributed by atoms with Crippen molar-refractivity contribution in [3.63, 3.8) is 0 Å². The Bertz CT molecular complexity index is 1470. The molecule has 0 fully saturated rings. The maximum Gasteiger partial charge on any atom is 0.261 e. The fourth-order valence-electron chi connectivity index (χ4n) is 3.69. The lowest BCUT2D eigenvalue weighted by molar-refractivity contribution is 0.415. The molecule has 0 radical (unpaired) electrons. The predicted molar refractivity (Wildman–Crippen MR) is 122 cm³/mol. The lowest BCUT2D eigenvalue weighted by atomic mass is 10.1. The second kappa shape index (κ2) is 7.80. The summed E-state index contributed by atoms with van der Waals surface area (Å²) < 4.78 is 7.08. The number of imidazole rings is 1. The van der Waals surface area contributed by atoms with E-state index in [2.05, 4.69) is 35.3 Å². The quantitative estimate of drug-likeness (QED) is 0.377. The van der Waals surface area contributed by atoms with Gasteiger partial charge in [0.1, 0.15) is 28.5 Å². The average Bonchev–Trinajstić information content (AvgIpc) is 3.42. The van der Waals surface area contributed by atoms with E-state index in [-0.39, 0.29) is 11.6 Å². The standard InChI is InChI=1S/C22H22N8O2/c1-4-30-11-16-18(29-30)19(25-12(2)20-23-8-5-9-24-20)17(22(31)28-16)21-26-14-7-6-13(32-3)10-15(14)27-21/h5-12,25H,4H2,1-3H3,(H,26,27)(H,28,31)/t12-/m0/s1. The number of nitrogens with zero attached hydrogens (tertiary/aromatic N) is 5. The summed E-state index contributed by atoms with van der Waals surface area (Å²) in [7, 11) is 1.61. The van der Waals surface area contributed by atoms with Crippen LogP contribution in [0.4, 0.5) is 5.69 Å². The zero-order chi connectivity index (χ0) is 22.2. The van der Waals surface area contributed by atoms with Crippen molar-refractivity contribution in [2.24, 2.45) is 0 Å². The molecule has 1 atom stereocenters. The minimum Gasteiger partial charge on any atom is -0.497 e. The highest BCUT2D eigenvalue weighted by Crippen LogP contribution is 2.32. The number of aromatic nitrogens is 7. The Hall–Kier alpha value is -4.21. The number of pyridine rings is 1. The Morgan fingerprint density at radius 1 is 1.19 bits per heavy atom. The second-order valence-corrected chi connectivity index (χ2v) is 7.39. The van der Waals surface area contributed by atoms with Crippen molar-refractivity contribution in [2.45, 2.75) is 26.4 Å². The van der Waals surface area contributed by atoms with Crippen LogP contribution in [0.25, 0.3) is 33.5 Å². The molecule has 162 valence electrons. The molecule has 10 nitrogen and oxygen atoms in total. The van der Waals surface area contributed by atoms with Crippen LogP contribution in [-0.4, -0.2) is 41.8 Å². The Kier molecular flexibility index (Phi) is 4.81. The predicted octanol–water partition coefficient (Wildman–Crippen LogP) is 3.26. The van der Waals surface area contributed by atoms with Gasteiger partial charge in [0.15, 0.2) is 0 Å². The molecule has 0 unspecified atom stereocenters. The van der Waals surface area contributed by atoms with Gasteiger partial charge in [0.05, 0.1) is 35.4 Å². The van der Waals surface area contributed by atoms with Crippen LogP contribution in [0.3, 0.4) is 0 Å². The summed E-state index contributed by atoms with van der Waals surface area (Å²) in [5.41, 5.74) is 3.44. The molecule has 0 aliphatic rings. The van der Waals surface area contributed by atoms with E-state index >= 15 is 0 Å². The van der Waals surface area contributed by atoms with Gasteiger partial charge in [0.2, 0.25) is 0 Å². The van der Waals surface area contributed by atoms with Crippen molar-refractivity contribution in [3.05, 3.63) is 59.0 Å². The van der Waals surface area contributed by atoms with Gasteiger partial charge in [0, 0.05) is 31.2 Å². The van der Waals surface area contributed by atoms with E-state index in [1.54, 1.807) is 30.3 Å². The number of rotatable bonds is 6. The lowest BCUT2D eigenvalue weighted by Crippen LogP contribution is -2.17. The highest BCUT2D eigenvalue weighted by molar-refractivity contribution is 5.96. The summed E-state index contributed by atoms with van der Waals surface area (Å²) in [6, 6.07) is 7.02. The van der Waals surface area contributed by atoms with Gasteiger partial charge < -0.3 is 20.0 Å². The Morgan fingerprint density at radius 2 is 2.00 bits per heavy atom. The van der Waals surface area contributed by atoms with Gasteiger partial charge in [-0.25, -0.2) is 15.0 Å². The van der Waals surface area contributed by atoms with E-state index in [9.17, 15) is 4.79 Å². The van der Waals surface area contributed by atoms with Gasteiger partial charge in [-0.05, 0) is 32.0 Å². The van der Waals surface area contributed by atoms with Gasteiger partial charge in [-0.1, -0.05) is 0 Å². The molecule has 4 aromatic heterocycles. The first-order valence-corrected chi connectivity index (χ1v) is 10.3. The Labute approximate surface area is 182 Å². The van der Waals surface area contributed by atoms with Crippen LogP contribution in [0.15, 0.2) is 47.7 Å². The number of methoxy groups -OCH3 is 1. The third kappa shape index (κ3) is 3.35. The molecule has 4 heterocycles. The molecule has 0 amide bonds. The van der Waals surface area contributed by atoms with Crippen molar-refractivity contribution >= 4 is 27.8 Å². The molecule has 0 aliphatic carbocycles. The second-order valence-electron chi connectivity index (χ2n) is 7.39. The van der Waals surface area contributed by atoms with Gasteiger partial charge in [-0.15, -0.1) is 0 Å². The number of anilines is 1. The Balaban J connectivity index is 1.71. The number of aryl methyl sites for hydroxylation is 1. The summed E-state index contributed by atoms with van der Waals surface area (Å²) in [6.07, 6.45) is 5.19. The van der Waals surface area contributed by atoms with E-state index in [0.29, 0.717) is 46.2 Å². The SMILES string of the molecule is CCn1cc2[nH]c(=O)c(-c3nc4ccc(OC)cc4[nH]3)c(N[C@@H](C)c3ncccn3)c2n1. The fraction of sp³-hybridized carbons (Fsp3) is 0.227. The van der Waals surface area contributed by atoms with Gasteiger partial charge in [-0.2, -0.15) is 5.10 Å². The van der Waals surface area contributed by atoms with Gasteiger partial charge >= 0.3 is 0 Å². The number of hydrogen-bond donors (Lipinski definition) is 3. The largest absolute Gasteiger partial charge is 0.497 e. The first-order valence-electron chi connectivity index (χ1n) is 10.3. The third-order valence-corrected chi connectivity index (χ3v) is 5.31. The number of ether oxygens (including phenoxy) is 1. The molecule has 32 heavy (non-hydrogen) atoms. The molecule has 0 bridgehead atoms. The highest BCUT2D eigenvalue weighted by atomic mass is 16.5. The highest BCUT2D eigenvalue weighted by Gasteiger charge is 2.22. The Morgan fingerprint density at radius 3 is 2.75 bits per heavy atom. The average molecular weight is 430 g/mol. The molecule has 0 aliphatic heterocycles. The van der Waals surface area contributed by atoms with Crippen LogP contribution in [0.1, 0.15) is 25.7 Å². The molecule has 5 aromatic rings. The fourth-order valence-corrected chi connectivity index (χ4v) is 3.69. The summed E-state index contributed by atoms with van der Waals surface area (Å²) in [6.45, 7) is 4.60. The number of aromatic amines is 2. The molecule has 10 heteroatoms. The van der Waals surface area contributed by atoms with Crippen LogP contribution < -0.4 is 15.6 Å².